The van der Waals surface area contributed by atoms with Gasteiger partial charge < -0.3 is 10.3 Å². The van der Waals surface area contributed by atoms with E-state index in [2.05, 4.69) is 34.3 Å². The molecule has 1 aromatic heterocycles. The zero-order chi connectivity index (χ0) is 10.5. The van der Waals surface area contributed by atoms with Crippen molar-refractivity contribution in [2.24, 2.45) is 0 Å². The molecule has 1 saturated heterocycles. The van der Waals surface area contributed by atoms with Gasteiger partial charge in [-0.2, -0.15) is 0 Å². The van der Waals surface area contributed by atoms with Crippen molar-refractivity contribution in [3.8, 4) is 0 Å². The lowest BCUT2D eigenvalue weighted by atomic mass is 10.1. The monoisotopic (exact) mass is 279 g/mol. The van der Waals surface area contributed by atoms with E-state index in [0.717, 1.165) is 13.1 Å². The van der Waals surface area contributed by atoms with Gasteiger partial charge in [0.2, 0.25) is 0 Å². The molecule has 100 valence electrons. The third-order valence-electron chi connectivity index (χ3n) is 3.14. The van der Waals surface area contributed by atoms with Gasteiger partial charge in [-0.1, -0.05) is 13.3 Å². The van der Waals surface area contributed by atoms with Gasteiger partial charge in [-0.15, -0.1) is 24.8 Å². The fourth-order valence-electron chi connectivity index (χ4n) is 2.35. The highest BCUT2D eigenvalue weighted by Crippen LogP contribution is 2.24. The number of halogens is 2. The number of H-pyrrole nitrogens is 1. The van der Waals surface area contributed by atoms with Crippen LogP contribution < -0.4 is 5.32 Å². The smallest absolute Gasteiger partial charge is 0.0499 e. The number of hydrogen-bond acceptors (Lipinski definition) is 2. The third-order valence-corrected chi connectivity index (χ3v) is 3.14. The molecule has 17 heavy (non-hydrogen) atoms. The summed E-state index contributed by atoms with van der Waals surface area (Å²) < 4.78 is 0. The van der Waals surface area contributed by atoms with E-state index in [1.165, 1.54) is 31.6 Å². The molecular formula is C12H23Cl2N3. The minimum Gasteiger partial charge on any atom is -0.364 e. The average molecular weight is 280 g/mol. The van der Waals surface area contributed by atoms with Gasteiger partial charge in [0.25, 0.3) is 0 Å². The van der Waals surface area contributed by atoms with Crippen LogP contribution in [0.5, 0.6) is 0 Å². The highest BCUT2D eigenvalue weighted by Gasteiger charge is 2.21. The van der Waals surface area contributed by atoms with Gasteiger partial charge in [-0.05, 0) is 18.6 Å². The van der Waals surface area contributed by atoms with Crippen molar-refractivity contribution in [3.05, 3.63) is 24.0 Å². The Bertz CT molecular complexity index is 271. The summed E-state index contributed by atoms with van der Waals surface area (Å²) in [5.74, 6) is 0. The van der Waals surface area contributed by atoms with Gasteiger partial charge in [-0.25, -0.2) is 0 Å². The predicted molar refractivity (Wildman–Crippen MR) is 77.4 cm³/mol. The summed E-state index contributed by atoms with van der Waals surface area (Å²) in [5.41, 5.74) is 1.37. The van der Waals surface area contributed by atoms with Crippen LogP contribution in [0.15, 0.2) is 18.3 Å². The summed E-state index contributed by atoms with van der Waals surface area (Å²) in [6, 6.07) is 4.90. The first kappa shape index (κ1) is 16.8. The third kappa shape index (κ3) is 4.51. The quantitative estimate of drug-likeness (QED) is 0.888. The molecule has 0 amide bonds. The summed E-state index contributed by atoms with van der Waals surface area (Å²) in [4.78, 5) is 5.95. The van der Waals surface area contributed by atoms with Crippen LogP contribution >= 0.6 is 24.8 Å². The van der Waals surface area contributed by atoms with E-state index < -0.39 is 0 Å². The first-order valence-electron chi connectivity index (χ1n) is 6.00. The van der Waals surface area contributed by atoms with Gasteiger partial charge in [0.05, 0.1) is 0 Å². The lowest BCUT2D eigenvalue weighted by molar-refractivity contribution is 0.162. The molecule has 0 radical (unpaired) electrons. The molecule has 0 aromatic carbocycles. The Hall–Kier alpha value is -0.220. The SMILES string of the molecule is CCC[C@@H](c1ccc[nH]1)N1CCNCC1.Cl.Cl. The van der Waals surface area contributed by atoms with Crippen LogP contribution in [0.4, 0.5) is 0 Å². The predicted octanol–water partition coefficient (Wildman–Crippen LogP) is 2.60. The maximum absolute atomic E-state index is 3.41. The normalized spacial score (nSPS) is 17.9. The zero-order valence-electron chi connectivity index (χ0n) is 10.3. The van der Waals surface area contributed by atoms with E-state index in [4.69, 9.17) is 0 Å². The average Bonchev–Trinajstić information content (AvgIpc) is 2.80. The minimum atomic E-state index is 0. The Labute approximate surface area is 116 Å². The van der Waals surface area contributed by atoms with Crippen LogP contribution in [0.1, 0.15) is 31.5 Å². The Morgan fingerprint density at radius 3 is 2.53 bits per heavy atom. The van der Waals surface area contributed by atoms with Gasteiger partial charge in [0.15, 0.2) is 0 Å². The highest BCUT2D eigenvalue weighted by atomic mass is 35.5. The Kier molecular flexibility index (Phi) is 8.70. The fourth-order valence-corrected chi connectivity index (χ4v) is 2.35. The van der Waals surface area contributed by atoms with Crippen molar-refractivity contribution in [1.29, 1.82) is 0 Å². The van der Waals surface area contributed by atoms with Gasteiger partial charge in [0, 0.05) is 44.1 Å². The molecule has 1 aliphatic heterocycles. The van der Waals surface area contributed by atoms with Crippen LogP contribution in [0.3, 0.4) is 0 Å². The molecule has 3 nitrogen and oxygen atoms in total. The number of nitrogens with one attached hydrogen (secondary N) is 2. The van der Waals surface area contributed by atoms with Crippen molar-refractivity contribution in [1.82, 2.24) is 15.2 Å². The fraction of sp³-hybridized carbons (Fsp3) is 0.667. The standard InChI is InChI=1S/C12H21N3.2ClH/c1-2-4-12(11-5-3-6-14-11)15-9-7-13-8-10-15;;/h3,5-6,12-14H,2,4,7-10H2,1H3;2*1H/t12-;;/m0../s1. The number of piperazine rings is 1. The summed E-state index contributed by atoms with van der Waals surface area (Å²) in [7, 11) is 0. The van der Waals surface area contributed by atoms with Gasteiger partial charge in [-0.3, -0.25) is 4.90 Å². The van der Waals surface area contributed by atoms with Gasteiger partial charge >= 0.3 is 0 Å². The molecule has 0 spiro atoms. The van der Waals surface area contributed by atoms with Crippen LogP contribution in [0.25, 0.3) is 0 Å². The van der Waals surface area contributed by atoms with Crippen molar-refractivity contribution in [2.45, 2.75) is 25.8 Å². The second kappa shape index (κ2) is 8.81. The molecule has 2 rings (SSSR count). The minimum absolute atomic E-state index is 0. The zero-order valence-corrected chi connectivity index (χ0v) is 11.9. The first-order valence-corrected chi connectivity index (χ1v) is 6.00. The number of aromatic nitrogens is 1. The van der Waals surface area contributed by atoms with Crippen molar-refractivity contribution < 1.29 is 0 Å². The van der Waals surface area contributed by atoms with E-state index in [9.17, 15) is 0 Å². The lowest BCUT2D eigenvalue weighted by Gasteiger charge is -2.34. The van der Waals surface area contributed by atoms with Crippen LogP contribution in [-0.2, 0) is 0 Å². The Morgan fingerprint density at radius 2 is 2.00 bits per heavy atom. The summed E-state index contributed by atoms with van der Waals surface area (Å²) in [6.45, 7) is 6.85. The molecule has 0 unspecified atom stereocenters. The van der Waals surface area contributed by atoms with Crippen molar-refractivity contribution in [3.63, 3.8) is 0 Å². The molecule has 0 saturated carbocycles. The van der Waals surface area contributed by atoms with E-state index in [0.29, 0.717) is 6.04 Å². The Balaban J connectivity index is 0.00000128. The summed E-state index contributed by atoms with van der Waals surface area (Å²) in [5, 5.41) is 3.41. The maximum Gasteiger partial charge on any atom is 0.0499 e. The number of aromatic amines is 1. The largest absolute Gasteiger partial charge is 0.364 e. The molecular weight excluding hydrogens is 257 g/mol. The van der Waals surface area contributed by atoms with Crippen molar-refractivity contribution >= 4 is 24.8 Å². The molecule has 5 heteroatoms. The first-order chi connectivity index (χ1) is 7.42. The molecule has 2 heterocycles. The molecule has 0 bridgehead atoms. The lowest BCUT2D eigenvalue weighted by Crippen LogP contribution is -2.45. The molecule has 1 fully saturated rings. The number of rotatable bonds is 4. The Morgan fingerprint density at radius 1 is 1.29 bits per heavy atom. The number of hydrogen-bond donors (Lipinski definition) is 2. The molecule has 1 aliphatic rings. The summed E-state index contributed by atoms with van der Waals surface area (Å²) in [6.07, 6.45) is 4.52. The molecule has 0 aliphatic carbocycles. The highest BCUT2D eigenvalue weighted by molar-refractivity contribution is 5.85. The second-order valence-corrected chi connectivity index (χ2v) is 4.22. The maximum atomic E-state index is 3.41. The van der Waals surface area contributed by atoms with Crippen LogP contribution in [-0.4, -0.2) is 36.1 Å². The van der Waals surface area contributed by atoms with E-state index in [-0.39, 0.29) is 24.8 Å². The van der Waals surface area contributed by atoms with Crippen LogP contribution in [0, 0.1) is 0 Å². The van der Waals surface area contributed by atoms with E-state index >= 15 is 0 Å². The van der Waals surface area contributed by atoms with Crippen molar-refractivity contribution in [2.75, 3.05) is 26.2 Å². The molecule has 1 atom stereocenters. The molecule has 2 N–H and O–H groups in total. The topological polar surface area (TPSA) is 31.1 Å². The number of nitrogens with zero attached hydrogens (tertiary/aromatic N) is 1. The molecule has 1 aromatic rings. The van der Waals surface area contributed by atoms with Crippen LogP contribution in [0.2, 0.25) is 0 Å². The second-order valence-electron chi connectivity index (χ2n) is 4.22. The van der Waals surface area contributed by atoms with E-state index in [1.54, 1.807) is 0 Å². The van der Waals surface area contributed by atoms with E-state index in [1.807, 2.05) is 6.20 Å². The summed E-state index contributed by atoms with van der Waals surface area (Å²) >= 11 is 0. The van der Waals surface area contributed by atoms with Gasteiger partial charge in [0.1, 0.15) is 0 Å².